The molecule has 0 bridgehead atoms. The molecule has 8 nitrogen and oxygen atoms in total. The Labute approximate surface area is 111 Å². The molecule has 19 heavy (non-hydrogen) atoms. The van der Waals surface area contributed by atoms with Gasteiger partial charge in [0.25, 0.3) is 5.56 Å². The minimum atomic E-state index is -1.40. The van der Waals surface area contributed by atoms with Crippen molar-refractivity contribution in [3.63, 3.8) is 0 Å². The Morgan fingerprint density at radius 2 is 2.05 bits per heavy atom. The quantitative estimate of drug-likeness (QED) is 0.472. The number of aliphatic hydroxyl groups is 3. The molecule has 1 aromatic heterocycles. The highest BCUT2D eigenvalue weighted by atomic mass is 35.5. The van der Waals surface area contributed by atoms with Gasteiger partial charge in [-0.1, -0.05) is 0 Å². The number of hydrogen-bond donors (Lipinski definition) is 4. The number of aromatic amines is 1. The summed E-state index contributed by atoms with van der Waals surface area (Å²) in [4.78, 5) is 25.1. The molecular weight excluding hydrogens is 280 g/mol. The molecular formula is C10H13ClN2O6. The maximum atomic E-state index is 11.7. The van der Waals surface area contributed by atoms with Gasteiger partial charge in [-0.3, -0.25) is 14.3 Å². The highest BCUT2D eigenvalue weighted by Gasteiger charge is 2.43. The van der Waals surface area contributed by atoms with Crippen LogP contribution >= 0.6 is 11.6 Å². The minimum Gasteiger partial charge on any atom is -0.394 e. The maximum Gasteiger partial charge on any atom is 0.330 e. The molecule has 1 aliphatic heterocycles. The molecule has 0 aliphatic carbocycles. The predicted octanol–water partition coefficient (Wildman–Crippen LogP) is -2.11. The fraction of sp³-hybridized carbons (Fsp3) is 0.600. The van der Waals surface area contributed by atoms with Gasteiger partial charge in [-0.15, -0.1) is 11.6 Å². The molecule has 4 N–H and O–H groups in total. The topological polar surface area (TPSA) is 125 Å². The normalized spacial score (nSPS) is 30.7. The average Bonchev–Trinajstić information content (AvgIpc) is 2.67. The van der Waals surface area contributed by atoms with Gasteiger partial charge in [-0.2, -0.15) is 0 Å². The van der Waals surface area contributed by atoms with Crippen LogP contribution in [-0.2, 0) is 10.6 Å². The van der Waals surface area contributed by atoms with Gasteiger partial charge in [0, 0.05) is 11.8 Å². The number of halogens is 1. The third kappa shape index (κ3) is 2.45. The Morgan fingerprint density at radius 1 is 1.37 bits per heavy atom. The summed E-state index contributed by atoms with van der Waals surface area (Å²) >= 11 is 5.56. The molecule has 2 heterocycles. The zero-order chi connectivity index (χ0) is 14.2. The zero-order valence-corrected chi connectivity index (χ0v) is 10.4. The van der Waals surface area contributed by atoms with E-state index in [2.05, 4.69) is 0 Å². The second-order valence-corrected chi connectivity index (χ2v) is 4.45. The van der Waals surface area contributed by atoms with Gasteiger partial charge in [-0.05, 0) is 0 Å². The molecule has 1 fully saturated rings. The Bertz CT molecular complexity index is 570. The maximum absolute atomic E-state index is 11.7. The monoisotopic (exact) mass is 292 g/mol. The van der Waals surface area contributed by atoms with E-state index >= 15 is 0 Å². The molecule has 0 aromatic carbocycles. The number of hydrogen-bond acceptors (Lipinski definition) is 6. The van der Waals surface area contributed by atoms with Crippen LogP contribution < -0.4 is 11.2 Å². The summed E-state index contributed by atoms with van der Waals surface area (Å²) in [5, 5.41) is 28.4. The van der Waals surface area contributed by atoms with E-state index in [1.54, 1.807) is 0 Å². The summed E-state index contributed by atoms with van der Waals surface area (Å²) in [6.07, 6.45) is -3.76. The number of H-pyrrole nitrogens is 1. The largest absolute Gasteiger partial charge is 0.394 e. The van der Waals surface area contributed by atoms with Crippen molar-refractivity contribution >= 4 is 11.6 Å². The Morgan fingerprint density at radius 3 is 2.58 bits per heavy atom. The van der Waals surface area contributed by atoms with Crippen molar-refractivity contribution in [3.8, 4) is 0 Å². The van der Waals surface area contributed by atoms with Gasteiger partial charge in [0.15, 0.2) is 6.23 Å². The van der Waals surface area contributed by atoms with Crippen LogP contribution in [0.5, 0.6) is 0 Å². The third-order valence-corrected chi connectivity index (χ3v) is 3.26. The summed E-state index contributed by atoms with van der Waals surface area (Å²) in [5.74, 6) is -0.121. The van der Waals surface area contributed by atoms with E-state index in [0.717, 1.165) is 10.8 Å². The summed E-state index contributed by atoms with van der Waals surface area (Å²) in [6.45, 7) is -0.505. The average molecular weight is 293 g/mol. The Balaban J connectivity index is 2.43. The van der Waals surface area contributed by atoms with Crippen LogP contribution in [-0.4, -0.2) is 49.8 Å². The second kappa shape index (κ2) is 5.43. The molecule has 106 valence electrons. The van der Waals surface area contributed by atoms with Crippen LogP contribution in [0.25, 0.3) is 0 Å². The van der Waals surface area contributed by atoms with E-state index < -0.39 is 42.4 Å². The van der Waals surface area contributed by atoms with E-state index in [4.69, 9.17) is 21.4 Å². The molecule has 2 unspecified atom stereocenters. The van der Waals surface area contributed by atoms with Gasteiger partial charge in [0.05, 0.1) is 12.5 Å². The first kappa shape index (κ1) is 14.2. The standard InChI is InChI=1S/C10H13ClN2O6/c11-1-4-2-13(10(18)12-8(4)17)9-7(16)6(15)5(3-14)19-9/h2,5-7,9,14-16H,1,3H2,(H,12,17,18)/t5-,6?,7?,9-/m1/s1. The van der Waals surface area contributed by atoms with Gasteiger partial charge in [0.1, 0.15) is 18.3 Å². The van der Waals surface area contributed by atoms with E-state index in [9.17, 15) is 19.8 Å². The lowest BCUT2D eigenvalue weighted by Crippen LogP contribution is -2.38. The van der Waals surface area contributed by atoms with Crippen LogP contribution in [0.4, 0.5) is 0 Å². The van der Waals surface area contributed by atoms with Gasteiger partial charge in [0.2, 0.25) is 0 Å². The summed E-state index contributed by atoms with van der Waals surface area (Å²) in [7, 11) is 0. The molecule has 1 aromatic rings. The van der Waals surface area contributed by atoms with Crippen LogP contribution in [0.2, 0.25) is 0 Å². The minimum absolute atomic E-state index is 0.121. The van der Waals surface area contributed by atoms with Crippen molar-refractivity contribution in [1.29, 1.82) is 0 Å². The second-order valence-electron chi connectivity index (χ2n) is 4.18. The van der Waals surface area contributed by atoms with Crippen molar-refractivity contribution in [1.82, 2.24) is 9.55 Å². The first-order chi connectivity index (χ1) is 8.99. The third-order valence-electron chi connectivity index (χ3n) is 2.98. The van der Waals surface area contributed by atoms with Crippen LogP contribution in [0, 0.1) is 0 Å². The predicted molar refractivity (Wildman–Crippen MR) is 63.9 cm³/mol. The Hall–Kier alpha value is -1.19. The highest BCUT2D eigenvalue weighted by molar-refractivity contribution is 6.17. The number of rotatable bonds is 3. The zero-order valence-electron chi connectivity index (χ0n) is 9.69. The molecule has 1 aliphatic rings. The van der Waals surface area contributed by atoms with Crippen molar-refractivity contribution in [2.24, 2.45) is 0 Å². The number of ether oxygens (including phenoxy) is 1. The number of alkyl halides is 1. The fourth-order valence-electron chi connectivity index (χ4n) is 1.92. The summed E-state index contributed by atoms with van der Waals surface area (Å²) in [6, 6.07) is 0. The molecule has 0 radical (unpaired) electrons. The van der Waals surface area contributed by atoms with E-state index in [0.29, 0.717) is 0 Å². The van der Waals surface area contributed by atoms with E-state index in [1.807, 2.05) is 4.98 Å². The lowest BCUT2D eigenvalue weighted by atomic mass is 10.1. The molecule has 0 spiro atoms. The van der Waals surface area contributed by atoms with Gasteiger partial charge in [-0.25, -0.2) is 4.79 Å². The Kier molecular flexibility index (Phi) is 4.07. The van der Waals surface area contributed by atoms with Gasteiger partial charge < -0.3 is 20.1 Å². The fourth-order valence-corrected chi connectivity index (χ4v) is 2.11. The first-order valence-corrected chi connectivity index (χ1v) is 6.05. The molecule has 4 atom stereocenters. The smallest absolute Gasteiger partial charge is 0.330 e. The van der Waals surface area contributed by atoms with Crippen LogP contribution in [0.15, 0.2) is 15.8 Å². The molecule has 0 amide bonds. The SMILES string of the molecule is O=c1[nH]c(=O)n([C@@H]2O[C@H](CO)C(O)C2O)cc1CCl. The summed E-state index contributed by atoms with van der Waals surface area (Å²) < 4.78 is 6.12. The molecule has 1 saturated heterocycles. The number of aromatic nitrogens is 2. The number of aliphatic hydroxyl groups excluding tert-OH is 3. The molecule has 9 heteroatoms. The molecule has 0 saturated carbocycles. The summed E-state index contributed by atoms with van der Waals surface area (Å²) in [5.41, 5.74) is -1.30. The van der Waals surface area contributed by atoms with Crippen LogP contribution in [0.3, 0.4) is 0 Å². The van der Waals surface area contributed by atoms with E-state index in [-0.39, 0.29) is 11.4 Å². The first-order valence-electron chi connectivity index (χ1n) is 5.52. The number of nitrogens with zero attached hydrogens (tertiary/aromatic N) is 1. The van der Waals surface area contributed by atoms with Crippen molar-refractivity contribution in [3.05, 3.63) is 32.6 Å². The van der Waals surface area contributed by atoms with Crippen molar-refractivity contribution in [2.45, 2.75) is 30.4 Å². The molecule has 2 rings (SSSR count). The lowest BCUT2D eigenvalue weighted by Gasteiger charge is -2.17. The van der Waals surface area contributed by atoms with Crippen molar-refractivity contribution in [2.75, 3.05) is 6.61 Å². The van der Waals surface area contributed by atoms with E-state index in [1.165, 1.54) is 0 Å². The number of nitrogens with one attached hydrogen (secondary N) is 1. The van der Waals surface area contributed by atoms with Gasteiger partial charge >= 0.3 is 5.69 Å². The lowest BCUT2D eigenvalue weighted by molar-refractivity contribution is -0.0551. The highest BCUT2D eigenvalue weighted by Crippen LogP contribution is 2.27. The van der Waals surface area contributed by atoms with Crippen molar-refractivity contribution < 1.29 is 20.1 Å². The van der Waals surface area contributed by atoms with Crippen LogP contribution in [0.1, 0.15) is 11.8 Å².